The number of fused-ring (bicyclic) bond motifs is 4. The molecular formula is C17H18N2O3. The molecule has 1 aromatic carbocycles. The van der Waals surface area contributed by atoms with Gasteiger partial charge in [0.1, 0.15) is 0 Å². The van der Waals surface area contributed by atoms with Crippen molar-refractivity contribution in [3.8, 4) is 11.5 Å². The van der Waals surface area contributed by atoms with E-state index in [9.17, 15) is 4.79 Å². The lowest BCUT2D eigenvalue weighted by atomic mass is 9.84. The summed E-state index contributed by atoms with van der Waals surface area (Å²) in [4.78, 5) is 14.9. The van der Waals surface area contributed by atoms with Gasteiger partial charge in [0.15, 0.2) is 11.5 Å². The standard InChI is InChI=1S/C17H18N2O3/c20-17-11-2-1-4-18-13(11)8-14-12-7-16-15(21-9-22-16)6-10(12)3-5-19(14)17/h6-7,14,18H,1-5,8-9H2/t14-/m0/s1. The Morgan fingerprint density at radius 1 is 1.18 bits per heavy atom. The zero-order valence-electron chi connectivity index (χ0n) is 12.4. The Labute approximate surface area is 128 Å². The molecule has 5 nitrogen and oxygen atoms in total. The van der Waals surface area contributed by atoms with Crippen LogP contribution in [0.1, 0.15) is 36.4 Å². The average molecular weight is 298 g/mol. The lowest BCUT2D eigenvalue weighted by Crippen LogP contribution is -2.46. The second kappa shape index (κ2) is 4.41. The number of carbonyl (C=O) groups excluding carboxylic acids is 1. The third kappa shape index (κ3) is 1.62. The van der Waals surface area contributed by atoms with Crippen LogP contribution in [-0.4, -0.2) is 30.7 Å². The van der Waals surface area contributed by atoms with Crippen molar-refractivity contribution >= 4 is 5.91 Å². The second-order valence-corrected chi connectivity index (χ2v) is 6.36. The minimum atomic E-state index is 0.134. The van der Waals surface area contributed by atoms with Gasteiger partial charge in [-0.15, -0.1) is 0 Å². The predicted octanol–water partition coefficient (Wildman–Crippen LogP) is 1.88. The van der Waals surface area contributed by atoms with Crippen LogP contribution >= 0.6 is 0 Å². The van der Waals surface area contributed by atoms with Gasteiger partial charge in [0.05, 0.1) is 6.04 Å². The minimum Gasteiger partial charge on any atom is -0.454 e. The van der Waals surface area contributed by atoms with Gasteiger partial charge in [-0.05, 0) is 42.5 Å². The Morgan fingerprint density at radius 2 is 2.05 bits per heavy atom. The summed E-state index contributed by atoms with van der Waals surface area (Å²) >= 11 is 0. The Hall–Kier alpha value is -2.17. The fourth-order valence-corrected chi connectivity index (χ4v) is 4.11. The highest BCUT2D eigenvalue weighted by Gasteiger charge is 2.39. The molecule has 1 amide bonds. The van der Waals surface area contributed by atoms with Crippen molar-refractivity contribution in [2.45, 2.75) is 31.7 Å². The summed E-state index contributed by atoms with van der Waals surface area (Å²) in [6, 6.07) is 4.31. The summed E-state index contributed by atoms with van der Waals surface area (Å²) in [5.41, 5.74) is 4.68. The summed E-state index contributed by atoms with van der Waals surface area (Å²) in [6.45, 7) is 2.07. The highest BCUT2D eigenvalue weighted by molar-refractivity contribution is 5.96. The number of benzene rings is 1. The number of nitrogens with zero attached hydrogens (tertiary/aromatic N) is 1. The molecule has 4 aliphatic rings. The molecule has 0 aromatic heterocycles. The van der Waals surface area contributed by atoms with E-state index in [2.05, 4.69) is 22.3 Å². The van der Waals surface area contributed by atoms with Crippen LogP contribution < -0.4 is 14.8 Å². The maximum absolute atomic E-state index is 12.8. The largest absolute Gasteiger partial charge is 0.454 e. The molecule has 0 aliphatic carbocycles. The highest BCUT2D eigenvalue weighted by Crippen LogP contribution is 2.45. The fourth-order valence-electron chi connectivity index (χ4n) is 4.11. The first-order valence-corrected chi connectivity index (χ1v) is 8.00. The quantitative estimate of drug-likeness (QED) is 0.794. The van der Waals surface area contributed by atoms with Crippen molar-refractivity contribution in [1.82, 2.24) is 10.2 Å². The molecule has 114 valence electrons. The maximum Gasteiger partial charge on any atom is 0.252 e. The van der Waals surface area contributed by atoms with Crippen molar-refractivity contribution in [1.29, 1.82) is 0 Å². The number of amides is 1. The van der Waals surface area contributed by atoms with Crippen molar-refractivity contribution < 1.29 is 14.3 Å². The van der Waals surface area contributed by atoms with Crippen LogP contribution in [-0.2, 0) is 11.2 Å². The van der Waals surface area contributed by atoms with Gasteiger partial charge in [0, 0.05) is 30.8 Å². The molecule has 22 heavy (non-hydrogen) atoms. The van der Waals surface area contributed by atoms with Crippen LogP contribution in [0.5, 0.6) is 11.5 Å². The molecule has 0 fully saturated rings. The lowest BCUT2D eigenvalue weighted by molar-refractivity contribution is -0.131. The number of ether oxygens (including phenoxy) is 2. The zero-order valence-corrected chi connectivity index (χ0v) is 12.4. The predicted molar refractivity (Wildman–Crippen MR) is 79.6 cm³/mol. The smallest absolute Gasteiger partial charge is 0.252 e. The highest BCUT2D eigenvalue weighted by atomic mass is 16.7. The molecule has 0 saturated carbocycles. The van der Waals surface area contributed by atoms with E-state index in [1.165, 1.54) is 11.1 Å². The molecular weight excluding hydrogens is 280 g/mol. The molecule has 1 aromatic rings. The first-order valence-electron chi connectivity index (χ1n) is 8.00. The topological polar surface area (TPSA) is 50.8 Å². The zero-order chi connectivity index (χ0) is 14.7. The van der Waals surface area contributed by atoms with E-state index in [4.69, 9.17) is 9.47 Å². The van der Waals surface area contributed by atoms with Crippen molar-refractivity contribution in [2.24, 2.45) is 0 Å². The summed E-state index contributed by atoms with van der Waals surface area (Å²) in [6.07, 6.45) is 3.76. The molecule has 5 heteroatoms. The van der Waals surface area contributed by atoms with Gasteiger partial charge < -0.3 is 19.7 Å². The number of rotatable bonds is 0. The van der Waals surface area contributed by atoms with Crippen LogP contribution in [0.2, 0.25) is 0 Å². The molecule has 1 N–H and O–H groups in total. The van der Waals surface area contributed by atoms with Gasteiger partial charge in [0.25, 0.3) is 5.91 Å². The molecule has 0 spiro atoms. The summed E-state index contributed by atoms with van der Waals surface area (Å²) in [5.74, 6) is 1.87. The fraction of sp³-hybridized carbons (Fsp3) is 0.471. The first-order chi connectivity index (χ1) is 10.8. The van der Waals surface area contributed by atoms with Crippen LogP contribution in [0.4, 0.5) is 0 Å². The first kappa shape index (κ1) is 12.4. The molecule has 0 saturated heterocycles. The van der Waals surface area contributed by atoms with E-state index in [-0.39, 0.29) is 11.9 Å². The van der Waals surface area contributed by atoms with E-state index < -0.39 is 0 Å². The lowest BCUT2D eigenvalue weighted by Gasteiger charge is -2.43. The molecule has 4 heterocycles. The molecule has 0 radical (unpaired) electrons. The van der Waals surface area contributed by atoms with Gasteiger partial charge in [-0.1, -0.05) is 0 Å². The van der Waals surface area contributed by atoms with Gasteiger partial charge >= 0.3 is 0 Å². The van der Waals surface area contributed by atoms with Crippen LogP contribution in [0.15, 0.2) is 23.4 Å². The van der Waals surface area contributed by atoms with Gasteiger partial charge in [0.2, 0.25) is 6.79 Å². The monoisotopic (exact) mass is 298 g/mol. The van der Waals surface area contributed by atoms with Crippen molar-refractivity contribution in [2.75, 3.05) is 19.9 Å². The molecule has 5 rings (SSSR count). The van der Waals surface area contributed by atoms with Crippen molar-refractivity contribution in [3.05, 3.63) is 34.5 Å². The third-order valence-corrected chi connectivity index (χ3v) is 5.21. The summed E-state index contributed by atoms with van der Waals surface area (Å²) in [5, 5.41) is 3.44. The minimum absolute atomic E-state index is 0.134. The van der Waals surface area contributed by atoms with E-state index in [1.54, 1.807) is 0 Å². The van der Waals surface area contributed by atoms with Gasteiger partial charge in [-0.3, -0.25) is 4.79 Å². The number of nitrogens with one attached hydrogen (secondary N) is 1. The summed E-state index contributed by atoms with van der Waals surface area (Å²) in [7, 11) is 0. The Bertz CT molecular complexity index is 710. The number of carbonyl (C=O) groups is 1. The Kier molecular flexibility index (Phi) is 2.48. The van der Waals surface area contributed by atoms with Crippen molar-refractivity contribution in [3.63, 3.8) is 0 Å². The molecule has 0 unspecified atom stereocenters. The number of hydrogen-bond acceptors (Lipinski definition) is 4. The summed E-state index contributed by atoms with van der Waals surface area (Å²) < 4.78 is 11.0. The number of hydrogen-bond donors (Lipinski definition) is 1. The SMILES string of the molecule is O=C1C2=C(C[C@H]3c4cc5c(cc4CCN13)OCO5)NCCC2. The second-order valence-electron chi connectivity index (χ2n) is 6.36. The molecule has 1 atom stereocenters. The Morgan fingerprint density at radius 3 is 2.95 bits per heavy atom. The van der Waals surface area contributed by atoms with Crippen LogP contribution in [0.3, 0.4) is 0 Å². The van der Waals surface area contributed by atoms with E-state index in [1.807, 2.05) is 0 Å². The van der Waals surface area contributed by atoms with E-state index in [0.29, 0.717) is 6.79 Å². The third-order valence-electron chi connectivity index (χ3n) is 5.21. The van der Waals surface area contributed by atoms with Gasteiger partial charge in [-0.25, -0.2) is 0 Å². The maximum atomic E-state index is 12.8. The van der Waals surface area contributed by atoms with Crippen LogP contribution in [0.25, 0.3) is 0 Å². The molecule has 4 aliphatic heterocycles. The average Bonchev–Trinajstić information content (AvgIpc) is 3.00. The van der Waals surface area contributed by atoms with Crippen LogP contribution in [0, 0.1) is 0 Å². The Balaban J connectivity index is 1.60. The normalized spacial score (nSPS) is 25.4. The van der Waals surface area contributed by atoms with E-state index in [0.717, 1.165) is 61.5 Å². The van der Waals surface area contributed by atoms with Gasteiger partial charge in [-0.2, -0.15) is 0 Å². The molecule has 0 bridgehead atoms. The van der Waals surface area contributed by atoms with E-state index >= 15 is 0 Å².